The number of anilines is 1. The molecule has 6 heteroatoms. The van der Waals surface area contributed by atoms with Gasteiger partial charge in [-0.15, -0.1) is 0 Å². The number of aldehydes is 1. The van der Waals surface area contributed by atoms with Gasteiger partial charge < -0.3 is 14.1 Å². The molecule has 1 saturated heterocycles. The Balaban J connectivity index is 1.84. The molecular formula is C11H17N3O3. The van der Waals surface area contributed by atoms with Gasteiger partial charge in [0.15, 0.2) is 12.0 Å². The van der Waals surface area contributed by atoms with Crippen LogP contribution in [-0.2, 0) is 4.74 Å². The summed E-state index contributed by atoms with van der Waals surface area (Å²) in [6.07, 6.45) is 2.13. The molecule has 2 heterocycles. The lowest BCUT2D eigenvalue weighted by Crippen LogP contribution is -2.47. The molecule has 1 fully saturated rings. The highest BCUT2D eigenvalue weighted by molar-refractivity contribution is 5.70. The summed E-state index contributed by atoms with van der Waals surface area (Å²) in [6.45, 7) is 5.36. The van der Waals surface area contributed by atoms with Crippen molar-refractivity contribution < 1.29 is 13.9 Å². The lowest BCUT2D eigenvalue weighted by molar-refractivity contribution is 0.110. The smallest absolute Gasteiger partial charge is 0.297 e. The fourth-order valence-electron chi connectivity index (χ4n) is 1.86. The second kappa shape index (κ2) is 5.79. The quantitative estimate of drug-likeness (QED) is 0.687. The normalized spacial score (nSPS) is 17.4. The van der Waals surface area contributed by atoms with Crippen LogP contribution in [0.1, 0.15) is 10.6 Å². The number of rotatable bonds is 5. The highest BCUT2D eigenvalue weighted by Crippen LogP contribution is 2.15. The Kier molecular flexibility index (Phi) is 4.11. The minimum absolute atomic E-state index is 0.279. The molecule has 0 amide bonds. The zero-order chi connectivity index (χ0) is 12.1. The van der Waals surface area contributed by atoms with Crippen LogP contribution in [0.4, 0.5) is 6.01 Å². The molecule has 2 rings (SSSR count). The third-order valence-corrected chi connectivity index (χ3v) is 2.88. The third-order valence-electron chi connectivity index (χ3n) is 2.88. The SMILES string of the molecule is COCCN1CCN(c2ncc(C=O)o2)CC1. The highest BCUT2D eigenvalue weighted by Gasteiger charge is 2.20. The van der Waals surface area contributed by atoms with Gasteiger partial charge in [0.1, 0.15) is 0 Å². The van der Waals surface area contributed by atoms with Crippen molar-refractivity contribution in [2.75, 3.05) is 51.3 Å². The number of aromatic nitrogens is 1. The molecule has 0 saturated carbocycles. The average molecular weight is 239 g/mol. The van der Waals surface area contributed by atoms with E-state index in [0.717, 1.165) is 39.3 Å². The predicted octanol–water partition coefficient (Wildman–Crippen LogP) is 0.256. The predicted molar refractivity (Wildman–Crippen MR) is 62.4 cm³/mol. The Morgan fingerprint density at radius 2 is 2.24 bits per heavy atom. The molecule has 1 aliphatic rings. The third kappa shape index (κ3) is 3.04. The average Bonchev–Trinajstić information content (AvgIpc) is 2.86. The molecule has 17 heavy (non-hydrogen) atoms. The van der Waals surface area contributed by atoms with Crippen LogP contribution in [0, 0.1) is 0 Å². The standard InChI is InChI=1S/C11H17N3O3/c1-16-7-6-13-2-4-14(5-3-13)11-12-8-10(9-15)17-11/h8-9H,2-7H2,1H3. The maximum atomic E-state index is 10.5. The van der Waals surface area contributed by atoms with Gasteiger partial charge in [-0.05, 0) is 0 Å². The van der Waals surface area contributed by atoms with Gasteiger partial charge in [-0.1, -0.05) is 0 Å². The zero-order valence-corrected chi connectivity index (χ0v) is 9.96. The second-order valence-electron chi connectivity index (χ2n) is 3.98. The summed E-state index contributed by atoms with van der Waals surface area (Å²) in [5.74, 6) is 0.279. The van der Waals surface area contributed by atoms with Crippen molar-refractivity contribution in [3.8, 4) is 0 Å². The molecule has 0 aromatic carbocycles. The number of carbonyl (C=O) groups is 1. The van der Waals surface area contributed by atoms with E-state index in [0.29, 0.717) is 12.3 Å². The van der Waals surface area contributed by atoms with Gasteiger partial charge in [-0.25, -0.2) is 4.98 Å². The van der Waals surface area contributed by atoms with Crippen molar-refractivity contribution in [3.63, 3.8) is 0 Å². The van der Waals surface area contributed by atoms with Gasteiger partial charge in [0.25, 0.3) is 6.01 Å². The van der Waals surface area contributed by atoms with Crippen molar-refractivity contribution in [3.05, 3.63) is 12.0 Å². The summed E-state index contributed by atoms with van der Waals surface area (Å²) in [5.41, 5.74) is 0. The van der Waals surface area contributed by atoms with E-state index in [4.69, 9.17) is 9.15 Å². The highest BCUT2D eigenvalue weighted by atomic mass is 16.5. The van der Waals surface area contributed by atoms with Crippen molar-refractivity contribution in [1.29, 1.82) is 0 Å². The topological polar surface area (TPSA) is 58.8 Å². The minimum atomic E-state index is 0.279. The summed E-state index contributed by atoms with van der Waals surface area (Å²) >= 11 is 0. The molecule has 94 valence electrons. The molecule has 0 radical (unpaired) electrons. The summed E-state index contributed by atoms with van der Waals surface area (Å²) in [7, 11) is 1.71. The van der Waals surface area contributed by atoms with E-state index in [9.17, 15) is 4.79 Å². The second-order valence-corrected chi connectivity index (χ2v) is 3.98. The maximum Gasteiger partial charge on any atom is 0.297 e. The van der Waals surface area contributed by atoms with E-state index in [2.05, 4.69) is 14.8 Å². The van der Waals surface area contributed by atoms with Gasteiger partial charge in [-0.2, -0.15) is 0 Å². The Bertz CT molecular complexity index is 359. The molecule has 0 N–H and O–H groups in total. The first-order valence-electron chi connectivity index (χ1n) is 5.70. The number of oxazole rings is 1. The Morgan fingerprint density at radius 1 is 1.47 bits per heavy atom. The summed E-state index contributed by atoms with van der Waals surface area (Å²) in [6, 6.07) is 0.540. The first-order chi connectivity index (χ1) is 8.33. The van der Waals surface area contributed by atoms with E-state index in [1.807, 2.05) is 0 Å². The van der Waals surface area contributed by atoms with Crippen LogP contribution < -0.4 is 4.90 Å². The van der Waals surface area contributed by atoms with E-state index in [1.54, 1.807) is 7.11 Å². The first-order valence-corrected chi connectivity index (χ1v) is 5.70. The Labute approximate surface area is 100 Å². The minimum Gasteiger partial charge on any atom is -0.421 e. The molecule has 0 spiro atoms. The number of nitrogens with zero attached hydrogens (tertiary/aromatic N) is 3. The molecule has 1 aromatic heterocycles. The monoisotopic (exact) mass is 239 g/mol. The zero-order valence-electron chi connectivity index (χ0n) is 9.96. The first kappa shape index (κ1) is 12.1. The molecule has 1 aromatic rings. The lowest BCUT2D eigenvalue weighted by Gasteiger charge is -2.33. The van der Waals surface area contributed by atoms with E-state index >= 15 is 0 Å². The van der Waals surface area contributed by atoms with Gasteiger partial charge in [-0.3, -0.25) is 9.69 Å². The molecule has 0 atom stereocenters. The summed E-state index contributed by atoms with van der Waals surface area (Å²) < 4.78 is 10.3. The summed E-state index contributed by atoms with van der Waals surface area (Å²) in [4.78, 5) is 19.0. The Hall–Kier alpha value is -1.40. The van der Waals surface area contributed by atoms with Crippen LogP contribution in [0.3, 0.4) is 0 Å². The number of piperazine rings is 1. The van der Waals surface area contributed by atoms with Crippen LogP contribution in [-0.4, -0.2) is 62.6 Å². The van der Waals surface area contributed by atoms with Crippen molar-refractivity contribution in [2.45, 2.75) is 0 Å². The van der Waals surface area contributed by atoms with Crippen LogP contribution >= 0.6 is 0 Å². The van der Waals surface area contributed by atoms with E-state index in [-0.39, 0.29) is 5.76 Å². The number of carbonyl (C=O) groups excluding carboxylic acids is 1. The van der Waals surface area contributed by atoms with Crippen molar-refractivity contribution in [2.24, 2.45) is 0 Å². The fraction of sp³-hybridized carbons (Fsp3) is 0.636. The molecular weight excluding hydrogens is 222 g/mol. The number of methoxy groups -OCH3 is 1. The van der Waals surface area contributed by atoms with Crippen LogP contribution in [0.15, 0.2) is 10.6 Å². The summed E-state index contributed by atoms with van der Waals surface area (Å²) in [5, 5.41) is 0. The van der Waals surface area contributed by atoms with E-state index < -0.39 is 0 Å². The number of hydrogen-bond donors (Lipinski definition) is 0. The maximum absolute atomic E-state index is 10.5. The number of ether oxygens (including phenoxy) is 1. The van der Waals surface area contributed by atoms with Gasteiger partial charge in [0.05, 0.1) is 12.8 Å². The molecule has 0 aliphatic carbocycles. The fourth-order valence-corrected chi connectivity index (χ4v) is 1.86. The molecule has 6 nitrogen and oxygen atoms in total. The van der Waals surface area contributed by atoms with E-state index in [1.165, 1.54) is 6.20 Å². The van der Waals surface area contributed by atoms with Gasteiger partial charge in [0, 0.05) is 39.8 Å². The van der Waals surface area contributed by atoms with Crippen LogP contribution in [0.5, 0.6) is 0 Å². The molecule has 0 bridgehead atoms. The van der Waals surface area contributed by atoms with Crippen molar-refractivity contribution >= 4 is 12.3 Å². The lowest BCUT2D eigenvalue weighted by atomic mass is 10.3. The molecule has 1 aliphatic heterocycles. The molecule has 0 unspecified atom stereocenters. The van der Waals surface area contributed by atoms with Gasteiger partial charge in [0.2, 0.25) is 0 Å². The van der Waals surface area contributed by atoms with Gasteiger partial charge >= 0.3 is 0 Å². The largest absolute Gasteiger partial charge is 0.421 e. The van der Waals surface area contributed by atoms with Crippen molar-refractivity contribution in [1.82, 2.24) is 9.88 Å². The van der Waals surface area contributed by atoms with Crippen LogP contribution in [0.2, 0.25) is 0 Å². The Morgan fingerprint density at radius 3 is 2.82 bits per heavy atom. The van der Waals surface area contributed by atoms with Crippen LogP contribution in [0.25, 0.3) is 0 Å². The number of hydrogen-bond acceptors (Lipinski definition) is 6.